The van der Waals surface area contributed by atoms with Gasteiger partial charge in [-0.1, -0.05) is 0 Å². The van der Waals surface area contributed by atoms with Crippen LogP contribution in [0.25, 0.3) is 0 Å². The first-order valence-corrected chi connectivity index (χ1v) is 5.19. The van der Waals surface area contributed by atoms with Crippen LogP contribution in [0.4, 0.5) is 11.4 Å². The van der Waals surface area contributed by atoms with Gasteiger partial charge in [0.25, 0.3) is 5.69 Å². The van der Waals surface area contributed by atoms with Crippen LogP contribution in [0.15, 0.2) is 34.5 Å². The number of ketones is 1. The first-order valence-electron chi connectivity index (χ1n) is 5.19. The van der Waals surface area contributed by atoms with E-state index in [-0.39, 0.29) is 5.69 Å². The first kappa shape index (κ1) is 14.4. The number of rotatable bonds is 5. The fraction of sp³-hybridized carbons (Fsp3) is 0.273. The third kappa shape index (κ3) is 3.95. The van der Waals surface area contributed by atoms with Crippen LogP contribution < -0.4 is 0 Å². The Hall–Kier alpha value is -2.64. The molecule has 0 fully saturated rings. The Morgan fingerprint density at radius 3 is 2.32 bits per heavy atom. The number of benzene rings is 1. The van der Waals surface area contributed by atoms with Crippen molar-refractivity contribution >= 4 is 23.1 Å². The summed E-state index contributed by atoms with van der Waals surface area (Å²) >= 11 is 0. The van der Waals surface area contributed by atoms with Gasteiger partial charge in [0.15, 0.2) is 5.78 Å². The summed E-state index contributed by atoms with van der Waals surface area (Å²) in [5, 5.41) is 17.7. The number of carbonyl (C=O) groups is 2. The molecule has 0 amide bonds. The second kappa shape index (κ2) is 6.34. The Labute approximate surface area is 108 Å². The number of nitro benzene ring substituents is 1. The fourth-order valence-electron chi connectivity index (χ4n) is 1.17. The lowest BCUT2D eigenvalue weighted by Crippen LogP contribution is -2.26. The molecule has 0 N–H and O–H groups in total. The summed E-state index contributed by atoms with van der Waals surface area (Å²) in [6.07, 6.45) is 0. The average molecular weight is 265 g/mol. The Kier molecular flexibility index (Phi) is 4.81. The Morgan fingerprint density at radius 1 is 1.32 bits per heavy atom. The summed E-state index contributed by atoms with van der Waals surface area (Å²) in [4.78, 5) is 32.3. The molecule has 100 valence electrons. The molecule has 1 atom stereocenters. The topological polar surface area (TPSA) is 111 Å². The summed E-state index contributed by atoms with van der Waals surface area (Å²) < 4.78 is 4.41. The maximum atomic E-state index is 11.2. The molecule has 0 unspecified atom stereocenters. The van der Waals surface area contributed by atoms with Crippen molar-refractivity contribution in [3.8, 4) is 0 Å². The van der Waals surface area contributed by atoms with E-state index < -0.39 is 22.7 Å². The number of nitrogens with zero attached hydrogens (tertiary/aromatic N) is 3. The predicted octanol–water partition coefficient (Wildman–Crippen LogP) is 1.81. The highest BCUT2D eigenvalue weighted by Crippen LogP contribution is 2.18. The van der Waals surface area contributed by atoms with Crippen LogP contribution in [0.5, 0.6) is 0 Å². The molecule has 1 aromatic carbocycles. The van der Waals surface area contributed by atoms with Gasteiger partial charge in [-0.2, -0.15) is 10.2 Å². The van der Waals surface area contributed by atoms with Crippen molar-refractivity contribution < 1.29 is 19.2 Å². The molecule has 0 radical (unpaired) electrons. The van der Waals surface area contributed by atoms with Gasteiger partial charge in [0.2, 0.25) is 6.04 Å². The number of azo groups is 1. The molecule has 0 aromatic heterocycles. The van der Waals surface area contributed by atoms with Crippen LogP contribution in [0.1, 0.15) is 6.92 Å². The van der Waals surface area contributed by atoms with Gasteiger partial charge in [-0.15, -0.1) is 0 Å². The molecular formula is C11H11N3O5. The maximum Gasteiger partial charge on any atom is 0.340 e. The summed E-state index contributed by atoms with van der Waals surface area (Å²) in [5.74, 6) is -1.31. The highest BCUT2D eigenvalue weighted by Gasteiger charge is 2.23. The third-order valence-corrected chi connectivity index (χ3v) is 2.16. The van der Waals surface area contributed by atoms with Crippen LogP contribution >= 0.6 is 0 Å². The number of Topliss-reactive ketones (excluding diaryl/α,β-unsaturated/α-hetero) is 1. The highest BCUT2D eigenvalue weighted by molar-refractivity contribution is 6.01. The van der Waals surface area contributed by atoms with Gasteiger partial charge in [0.05, 0.1) is 17.7 Å². The van der Waals surface area contributed by atoms with E-state index in [1.807, 2.05) is 0 Å². The Balaban J connectivity index is 2.87. The lowest BCUT2D eigenvalue weighted by molar-refractivity contribution is -0.384. The fourth-order valence-corrected chi connectivity index (χ4v) is 1.17. The molecule has 0 spiro atoms. The van der Waals surface area contributed by atoms with Gasteiger partial charge in [-0.05, 0) is 19.1 Å². The zero-order chi connectivity index (χ0) is 14.4. The highest BCUT2D eigenvalue weighted by atomic mass is 16.6. The molecule has 1 aromatic rings. The van der Waals surface area contributed by atoms with Gasteiger partial charge >= 0.3 is 5.97 Å². The van der Waals surface area contributed by atoms with Crippen molar-refractivity contribution in [2.75, 3.05) is 7.11 Å². The number of esters is 1. The standard InChI is InChI=1S/C11H11N3O5/c1-7(15)10(11(16)19-2)13-12-8-3-5-9(6-4-8)14(17)18/h3-6,10H,1-2H3/t10-/m0/s1. The van der Waals surface area contributed by atoms with Crippen molar-refractivity contribution in [3.05, 3.63) is 34.4 Å². The molecule has 0 aliphatic rings. The normalized spacial score (nSPS) is 12.1. The van der Waals surface area contributed by atoms with Gasteiger partial charge in [-0.3, -0.25) is 14.9 Å². The van der Waals surface area contributed by atoms with Crippen LogP contribution in [0, 0.1) is 10.1 Å². The van der Waals surface area contributed by atoms with Crippen molar-refractivity contribution in [1.82, 2.24) is 0 Å². The number of hydrogen-bond donors (Lipinski definition) is 0. The molecule has 8 nitrogen and oxygen atoms in total. The quantitative estimate of drug-likeness (QED) is 0.265. The molecule has 0 aliphatic carbocycles. The zero-order valence-corrected chi connectivity index (χ0v) is 10.3. The van der Waals surface area contributed by atoms with E-state index in [1.54, 1.807) is 0 Å². The lowest BCUT2D eigenvalue weighted by atomic mass is 10.2. The third-order valence-electron chi connectivity index (χ3n) is 2.16. The molecule has 0 aliphatic heterocycles. The van der Waals surface area contributed by atoms with Crippen molar-refractivity contribution in [2.24, 2.45) is 10.2 Å². The number of ether oxygens (including phenoxy) is 1. The number of carbonyl (C=O) groups excluding carboxylic acids is 2. The van der Waals surface area contributed by atoms with Gasteiger partial charge in [0.1, 0.15) is 0 Å². The second-order valence-electron chi connectivity index (χ2n) is 3.53. The van der Waals surface area contributed by atoms with Crippen molar-refractivity contribution in [1.29, 1.82) is 0 Å². The molecule has 0 saturated carbocycles. The van der Waals surface area contributed by atoms with E-state index in [4.69, 9.17) is 0 Å². The first-order chi connectivity index (χ1) is 8.95. The smallest absolute Gasteiger partial charge is 0.340 e. The SMILES string of the molecule is COC(=O)[C@@H](N=Nc1ccc([N+](=O)[O-])cc1)C(C)=O. The minimum absolute atomic E-state index is 0.0879. The largest absolute Gasteiger partial charge is 0.467 e. The number of non-ortho nitro benzene ring substituents is 1. The van der Waals surface area contributed by atoms with Gasteiger partial charge in [-0.25, -0.2) is 4.79 Å². The molecule has 0 heterocycles. The maximum absolute atomic E-state index is 11.2. The Morgan fingerprint density at radius 2 is 1.89 bits per heavy atom. The minimum Gasteiger partial charge on any atom is -0.467 e. The minimum atomic E-state index is -1.32. The second-order valence-corrected chi connectivity index (χ2v) is 3.53. The molecule has 0 bridgehead atoms. The van der Waals surface area contributed by atoms with Crippen LogP contribution in [0.3, 0.4) is 0 Å². The Bertz CT molecular complexity index is 524. The van der Waals surface area contributed by atoms with E-state index >= 15 is 0 Å². The number of nitro groups is 1. The summed E-state index contributed by atoms with van der Waals surface area (Å²) in [6.45, 7) is 1.19. The van der Waals surface area contributed by atoms with Crippen molar-refractivity contribution in [2.45, 2.75) is 13.0 Å². The predicted molar refractivity (Wildman–Crippen MR) is 64.1 cm³/mol. The van der Waals surface area contributed by atoms with E-state index in [0.717, 1.165) is 7.11 Å². The van der Waals surface area contributed by atoms with Crippen molar-refractivity contribution in [3.63, 3.8) is 0 Å². The summed E-state index contributed by atoms with van der Waals surface area (Å²) in [7, 11) is 1.14. The van der Waals surface area contributed by atoms with E-state index in [0.29, 0.717) is 5.69 Å². The van der Waals surface area contributed by atoms with Gasteiger partial charge < -0.3 is 4.74 Å². The van der Waals surface area contributed by atoms with E-state index in [2.05, 4.69) is 15.0 Å². The zero-order valence-electron chi connectivity index (χ0n) is 10.3. The molecule has 8 heteroatoms. The molecular weight excluding hydrogens is 254 g/mol. The van der Waals surface area contributed by atoms with E-state index in [9.17, 15) is 19.7 Å². The average Bonchev–Trinajstić information content (AvgIpc) is 2.38. The van der Waals surface area contributed by atoms with Gasteiger partial charge in [0, 0.05) is 12.1 Å². The van der Waals surface area contributed by atoms with E-state index in [1.165, 1.54) is 31.2 Å². The molecule has 1 rings (SSSR count). The molecule has 0 saturated heterocycles. The number of methoxy groups -OCH3 is 1. The van der Waals surface area contributed by atoms with Crippen LogP contribution in [0.2, 0.25) is 0 Å². The molecule has 19 heavy (non-hydrogen) atoms. The monoisotopic (exact) mass is 265 g/mol. The summed E-state index contributed by atoms with van der Waals surface area (Å²) in [6, 6.07) is 3.89. The summed E-state index contributed by atoms with van der Waals surface area (Å²) in [5.41, 5.74) is 0.204. The van der Waals surface area contributed by atoms with Crippen LogP contribution in [-0.4, -0.2) is 29.8 Å². The lowest BCUT2D eigenvalue weighted by Gasteiger charge is -2.04. The van der Waals surface area contributed by atoms with Crippen LogP contribution in [-0.2, 0) is 14.3 Å². The number of hydrogen-bond acceptors (Lipinski definition) is 7.